The van der Waals surface area contributed by atoms with Crippen LogP contribution in [0, 0.1) is 11.3 Å². The average molecular weight is 281 g/mol. The summed E-state index contributed by atoms with van der Waals surface area (Å²) in [4.78, 5) is 11.0. The minimum Gasteiger partial charge on any atom is -0.465 e. The number of nitriles is 1. The second kappa shape index (κ2) is 5.93. The van der Waals surface area contributed by atoms with Crippen molar-refractivity contribution in [1.82, 2.24) is 0 Å². The zero-order valence-electron chi connectivity index (χ0n) is 8.53. The van der Waals surface area contributed by atoms with Crippen LogP contribution in [0.3, 0.4) is 0 Å². The largest absolute Gasteiger partial charge is 0.465 e. The predicted octanol–water partition coefficient (Wildman–Crippen LogP) is 2.38. The van der Waals surface area contributed by atoms with Gasteiger partial charge in [-0.1, -0.05) is 0 Å². The standard InChI is InChI=1S/C11H9BrN2O2/c1-16-11(15)10(12)7-14-9-4-2-8(6-13)3-5-9/h2-5,7,14H,1H3/b10-7-. The lowest BCUT2D eigenvalue weighted by Gasteiger charge is -2.01. The van der Waals surface area contributed by atoms with Crippen molar-refractivity contribution < 1.29 is 9.53 Å². The molecule has 1 rings (SSSR count). The lowest BCUT2D eigenvalue weighted by molar-refractivity contribution is -0.135. The first-order valence-corrected chi connectivity index (χ1v) is 5.17. The number of hydrogen-bond donors (Lipinski definition) is 1. The summed E-state index contributed by atoms with van der Waals surface area (Å²) in [6, 6.07) is 8.87. The molecule has 4 nitrogen and oxygen atoms in total. The molecule has 1 aromatic rings. The number of nitrogens with zero attached hydrogens (tertiary/aromatic N) is 1. The minimum absolute atomic E-state index is 0.291. The summed E-state index contributed by atoms with van der Waals surface area (Å²) in [6.45, 7) is 0. The Bertz CT molecular complexity index is 446. The number of carbonyl (C=O) groups is 1. The molecule has 0 unspecified atom stereocenters. The quantitative estimate of drug-likeness (QED) is 0.682. The molecular weight excluding hydrogens is 272 g/mol. The van der Waals surface area contributed by atoms with Gasteiger partial charge in [0.1, 0.15) is 4.48 Å². The van der Waals surface area contributed by atoms with Gasteiger partial charge in [-0.05, 0) is 40.2 Å². The lowest BCUT2D eigenvalue weighted by Crippen LogP contribution is -2.01. The van der Waals surface area contributed by atoms with Gasteiger partial charge in [-0.3, -0.25) is 0 Å². The van der Waals surface area contributed by atoms with E-state index in [9.17, 15) is 4.79 Å². The number of rotatable bonds is 3. The van der Waals surface area contributed by atoms with Gasteiger partial charge in [0.05, 0.1) is 18.7 Å². The summed E-state index contributed by atoms with van der Waals surface area (Å²) >= 11 is 3.06. The van der Waals surface area contributed by atoms with Crippen molar-refractivity contribution in [2.45, 2.75) is 0 Å². The van der Waals surface area contributed by atoms with E-state index in [2.05, 4.69) is 26.0 Å². The fourth-order valence-electron chi connectivity index (χ4n) is 0.944. The molecule has 0 fully saturated rings. The molecule has 0 aliphatic rings. The maximum absolute atomic E-state index is 11.0. The normalized spacial score (nSPS) is 10.4. The molecule has 0 aliphatic heterocycles. The van der Waals surface area contributed by atoms with E-state index in [1.54, 1.807) is 24.3 Å². The van der Waals surface area contributed by atoms with Gasteiger partial charge in [-0.2, -0.15) is 5.26 Å². The number of ether oxygens (including phenoxy) is 1. The first kappa shape index (κ1) is 12.3. The van der Waals surface area contributed by atoms with E-state index >= 15 is 0 Å². The fraction of sp³-hybridized carbons (Fsp3) is 0.0909. The molecule has 0 heterocycles. The van der Waals surface area contributed by atoms with Crippen LogP contribution in [-0.2, 0) is 9.53 Å². The van der Waals surface area contributed by atoms with E-state index in [-0.39, 0.29) is 0 Å². The maximum Gasteiger partial charge on any atom is 0.346 e. The SMILES string of the molecule is COC(=O)/C(Br)=C/Nc1ccc(C#N)cc1. The number of anilines is 1. The van der Waals surface area contributed by atoms with Gasteiger partial charge in [0.15, 0.2) is 0 Å². The Morgan fingerprint density at radius 1 is 1.50 bits per heavy atom. The Morgan fingerprint density at radius 2 is 2.12 bits per heavy atom. The molecule has 0 spiro atoms. The van der Waals surface area contributed by atoms with Gasteiger partial charge in [-0.15, -0.1) is 0 Å². The topological polar surface area (TPSA) is 62.1 Å². The highest BCUT2D eigenvalue weighted by Gasteiger charge is 2.03. The molecule has 0 aliphatic carbocycles. The Hall–Kier alpha value is -1.80. The van der Waals surface area contributed by atoms with Gasteiger partial charge in [0.2, 0.25) is 0 Å². The van der Waals surface area contributed by atoms with Crippen molar-refractivity contribution in [3.63, 3.8) is 0 Å². The van der Waals surface area contributed by atoms with Crippen LogP contribution in [-0.4, -0.2) is 13.1 Å². The Morgan fingerprint density at radius 3 is 2.62 bits per heavy atom. The van der Waals surface area contributed by atoms with Crippen molar-refractivity contribution >= 4 is 27.6 Å². The van der Waals surface area contributed by atoms with Crippen LogP contribution in [0.25, 0.3) is 0 Å². The molecule has 0 radical (unpaired) electrons. The van der Waals surface area contributed by atoms with Crippen molar-refractivity contribution in [3.8, 4) is 6.07 Å². The van der Waals surface area contributed by atoms with E-state index in [1.807, 2.05) is 6.07 Å². The number of nitrogens with one attached hydrogen (secondary N) is 1. The van der Waals surface area contributed by atoms with Crippen LogP contribution < -0.4 is 5.32 Å². The Kier molecular flexibility index (Phi) is 4.55. The van der Waals surface area contributed by atoms with Crippen molar-refractivity contribution in [2.75, 3.05) is 12.4 Å². The molecule has 0 bridgehead atoms. The van der Waals surface area contributed by atoms with Crippen LogP contribution >= 0.6 is 15.9 Å². The Balaban J connectivity index is 2.68. The summed E-state index contributed by atoms with van der Waals surface area (Å²) in [5, 5.41) is 11.5. The predicted molar refractivity (Wildman–Crippen MR) is 63.8 cm³/mol. The number of esters is 1. The molecule has 0 saturated carbocycles. The highest BCUT2D eigenvalue weighted by atomic mass is 79.9. The molecular formula is C11H9BrN2O2. The van der Waals surface area contributed by atoms with Crippen LogP contribution in [0.15, 0.2) is 34.9 Å². The average Bonchev–Trinajstić information content (AvgIpc) is 2.35. The summed E-state index contributed by atoms with van der Waals surface area (Å²) < 4.78 is 4.79. The second-order valence-corrected chi connectivity index (χ2v) is 3.67. The molecule has 0 atom stereocenters. The number of methoxy groups -OCH3 is 1. The number of halogens is 1. The Labute approximate surface area is 102 Å². The zero-order valence-corrected chi connectivity index (χ0v) is 10.1. The molecule has 5 heteroatoms. The lowest BCUT2D eigenvalue weighted by atomic mass is 10.2. The van der Waals surface area contributed by atoms with Gasteiger partial charge in [0.25, 0.3) is 0 Å². The molecule has 82 valence electrons. The third-order valence-electron chi connectivity index (χ3n) is 1.76. The summed E-state index contributed by atoms with van der Waals surface area (Å²) in [6.07, 6.45) is 1.48. The first-order chi connectivity index (χ1) is 7.67. The smallest absolute Gasteiger partial charge is 0.346 e. The molecule has 1 aromatic carbocycles. The van der Waals surface area contributed by atoms with Gasteiger partial charge in [0, 0.05) is 11.9 Å². The monoisotopic (exact) mass is 280 g/mol. The minimum atomic E-state index is -0.457. The summed E-state index contributed by atoms with van der Waals surface area (Å²) in [5.41, 5.74) is 1.36. The molecule has 0 amide bonds. The van der Waals surface area contributed by atoms with Crippen LogP contribution in [0.4, 0.5) is 5.69 Å². The number of benzene rings is 1. The van der Waals surface area contributed by atoms with Crippen LogP contribution in [0.1, 0.15) is 5.56 Å². The highest BCUT2D eigenvalue weighted by molar-refractivity contribution is 9.12. The summed E-state index contributed by atoms with van der Waals surface area (Å²) in [5.74, 6) is -0.457. The van der Waals surface area contributed by atoms with Crippen LogP contribution in [0.2, 0.25) is 0 Å². The third kappa shape index (κ3) is 3.41. The molecule has 1 N–H and O–H groups in total. The molecule has 0 aromatic heterocycles. The van der Waals surface area contributed by atoms with E-state index in [0.717, 1.165) is 5.69 Å². The van der Waals surface area contributed by atoms with Crippen molar-refractivity contribution in [3.05, 3.63) is 40.5 Å². The first-order valence-electron chi connectivity index (χ1n) is 4.38. The maximum atomic E-state index is 11.0. The fourth-order valence-corrected chi connectivity index (χ4v) is 1.22. The van der Waals surface area contributed by atoms with Gasteiger partial charge >= 0.3 is 5.97 Å². The summed E-state index contributed by atoms with van der Waals surface area (Å²) in [7, 11) is 1.30. The highest BCUT2D eigenvalue weighted by Crippen LogP contribution is 2.11. The molecule has 0 saturated heterocycles. The van der Waals surface area contributed by atoms with E-state index in [1.165, 1.54) is 13.3 Å². The van der Waals surface area contributed by atoms with Crippen molar-refractivity contribution in [1.29, 1.82) is 5.26 Å². The van der Waals surface area contributed by atoms with Gasteiger partial charge in [-0.25, -0.2) is 4.79 Å². The molecule has 16 heavy (non-hydrogen) atoms. The van der Waals surface area contributed by atoms with Crippen molar-refractivity contribution in [2.24, 2.45) is 0 Å². The van der Waals surface area contributed by atoms with E-state index in [4.69, 9.17) is 5.26 Å². The van der Waals surface area contributed by atoms with Crippen LogP contribution in [0.5, 0.6) is 0 Å². The van der Waals surface area contributed by atoms with E-state index in [0.29, 0.717) is 10.0 Å². The third-order valence-corrected chi connectivity index (χ3v) is 2.31. The second-order valence-electron chi connectivity index (χ2n) is 2.82. The van der Waals surface area contributed by atoms with Gasteiger partial charge < -0.3 is 10.1 Å². The number of hydrogen-bond acceptors (Lipinski definition) is 4. The van der Waals surface area contributed by atoms with E-state index < -0.39 is 5.97 Å². The number of carbonyl (C=O) groups excluding carboxylic acids is 1. The zero-order chi connectivity index (χ0) is 12.0.